The van der Waals surface area contributed by atoms with Crippen molar-refractivity contribution in [2.24, 2.45) is 5.41 Å². The molecule has 1 amide bonds. The van der Waals surface area contributed by atoms with Crippen LogP contribution in [0.25, 0.3) is 0 Å². The molecule has 0 saturated carbocycles. The van der Waals surface area contributed by atoms with Crippen molar-refractivity contribution in [1.82, 2.24) is 9.88 Å². The average molecular weight is 312 g/mol. The highest BCUT2D eigenvalue weighted by Crippen LogP contribution is 2.50. The maximum Gasteiger partial charge on any atom is 0.229 e. The molecule has 2 atom stereocenters. The molecule has 0 spiro atoms. The van der Waals surface area contributed by atoms with Crippen LogP contribution in [0.2, 0.25) is 0 Å². The lowest BCUT2D eigenvalue weighted by Gasteiger charge is -2.32. The number of aromatic nitrogens is 1. The van der Waals surface area contributed by atoms with E-state index in [1.165, 1.54) is 0 Å². The van der Waals surface area contributed by atoms with Gasteiger partial charge in [-0.15, -0.1) is 11.8 Å². The number of carbonyl (C=O) groups is 1. The van der Waals surface area contributed by atoms with E-state index in [1.54, 1.807) is 24.2 Å². The van der Waals surface area contributed by atoms with Gasteiger partial charge in [-0.1, -0.05) is 13.8 Å². The van der Waals surface area contributed by atoms with E-state index >= 15 is 0 Å². The monoisotopic (exact) mass is 312 g/mol. The molecule has 22 heavy (non-hydrogen) atoms. The predicted molar refractivity (Wildman–Crippen MR) is 81.7 cm³/mol. The van der Waals surface area contributed by atoms with Gasteiger partial charge in [0, 0.05) is 41.1 Å². The lowest BCUT2D eigenvalue weighted by Crippen LogP contribution is -2.40. The Bertz CT molecular complexity index is 716. The number of nitrogens with zero attached hydrogens (tertiary/aromatic N) is 4. The summed E-state index contributed by atoms with van der Waals surface area (Å²) in [6, 6.07) is 4.27. The number of thioether (sulfide) groups is 1. The van der Waals surface area contributed by atoms with Gasteiger partial charge < -0.3 is 4.90 Å². The number of likely N-dealkylation sites (tertiary alicyclic amines) is 1. The molecule has 3 rings (SSSR count). The second kappa shape index (κ2) is 5.30. The third-order valence-corrected chi connectivity index (χ3v) is 5.68. The molecule has 0 N–H and O–H groups in total. The summed E-state index contributed by atoms with van der Waals surface area (Å²) in [6.45, 7) is 4.31. The van der Waals surface area contributed by atoms with Crippen molar-refractivity contribution in [3.05, 3.63) is 23.5 Å². The molecule has 3 heterocycles. The third kappa shape index (κ3) is 2.24. The van der Waals surface area contributed by atoms with E-state index in [2.05, 4.69) is 17.1 Å². The number of nitriles is 2. The van der Waals surface area contributed by atoms with Crippen LogP contribution in [0.1, 0.15) is 43.9 Å². The molecule has 1 aromatic heterocycles. The minimum absolute atomic E-state index is 0.0114. The summed E-state index contributed by atoms with van der Waals surface area (Å²) < 4.78 is 0. The Morgan fingerprint density at radius 1 is 1.50 bits per heavy atom. The topological polar surface area (TPSA) is 80.8 Å². The van der Waals surface area contributed by atoms with Crippen molar-refractivity contribution in [1.29, 1.82) is 10.5 Å². The van der Waals surface area contributed by atoms with Crippen LogP contribution in [0, 0.1) is 28.1 Å². The van der Waals surface area contributed by atoms with Crippen LogP contribution in [0.5, 0.6) is 0 Å². The Hall–Kier alpha value is -2.05. The van der Waals surface area contributed by atoms with Crippen LogP contribution >= 0.6 is 11.8 Å². The van der Waals surface area contributed by atoms with Crippen molar-refractivity contribution in [3.63, 3.8) is 0 Å². The van der Waals surface area contributed by atoms with Gasteiger partial charge in [0.05, 0.1) is 23.1 Å². The number of rotatable bonds is 2. The third-order valence-electron chi connectivity index (χ3n) is 4.31. The first kappa shape index (κ1) is 14.9. The van der Waals surface area contributed by atoms with Gasteiger partial charge in [-0.05, 0) is 6.42 Å². The van der Waals surface area contributed by atoms with E-state index in [9.17, 15) is 10.1 Å². The largest absolute Gasteiger partial charge is 0.334 e. The summed E-state index contributed by atoms with van der Waals surface area (Å²) in [5.41, 5.74) is 0.874. The van der Waals surface area contributed by atoms with Gasteiger partial charge in [0.15, 0.2) is 0 Å². The van der Waals surface area contributed by atoms with Crippen LogP contribution in [-0.2, 0) is 4.79 Å². The fraction of sp³-hybridized carbons (Fsp3) is 0.500. The van der Waals surface area contributed by atoms with Gasteiger partial charge >= 0.3 is 0 Å². The molecule has 0 aromatic carbocycles. The fourth-order valence-corrected chi connectivity index (χ4v) is 4.54. The molecule has 112 valence electrons. The van der Waals surface area contributed by atoms with Gasteiger partial charge in [-0.3, -0.25) is 9.78 Å². The lowest BCUT2D eigenvalue weighted by molar-refractivity contribution is -0.141. The van der Waals surface area contributed by atoms with Crippen LogP contribution in [0.3, 0.4) is 0 Å². The van der Waals surface area contributed by atoms with Crippen LogP contribution in [0.4, 0.5) is 0 Å². The highest BCUT2D eigenvalue weighted by atomic mass is 32.2. The highest BCUT2D eigenvalue weighted by molar-refractivity contribution is 8.00. The van der Waals surface area contributed by atoms with Crippen LogP contribution in [-0.4, -0.2) is 27.6 Å². The summed E-state index contributed by atoms with van der Waals surface area (Å²) >= 11 is 1.67. The van der Waals surface area contributed by atoms with Crippen molar-refractivity contribution < 1.29 is 4.79 Å². The van der Waals surface area contributed by atoms with Crippen LogP contribution < -0.4 is 0 Å². The zero-order valence-electron chi connectivity index (χ0n) is 12.5. The second-order valence-electron chi connectivity index (χ2n) is 6.38. The molecule has 2 aliphatic rings. The Morgan fingerprint density at radius 3 is 2.95 bits per heavy atom. The van der Waals surface area contributed by atoms with Gasteiger partial charge in [-0.2, -0.15) is 10.5 Å². The van der Waals surface area contributed by atoms with Crippen molar-refractivity contribution in [2.75, 3.05) is 6.54 Å². The lowest BCUT2D eigenvalue weighted by atomic mass is 9.87. The number of amides is 1. The summed E-state index contributed by atoms with van der Waals surface area (Å²) in [5.74, 6) is 0.0114. The number of carbonyl (C=O) groups excluding carboxylic acids is 1. The Balaban J connectivity index is 1.97. The molecule has 1 aromatic rings. The zero-order chi connectivity index (χ0) is 15.9. The van der Waals surface area contributed by atoms with Crippen LogP contribution in [0.15, 0.2) is 17.3 Å². The smallest absolute Gasteiger partial charge is 0.229 e. The molecular weight excluding hydrogens is 296 g/mol. The maximum absolute atomic E-state index is 12.8. The predicted octanol–water partition coefficient (Wildman–Crippen LogP) is 2.64. The van der Waals surface area contributed by atoms with Gasteiger partial charge in [0.25, 0.3) is 0 Å². The number of hydrogen-bond acceptors (Lipinski definition) is 5. The number of hydrogen-bond donors (Lipinski definition) is 0. The standard InChI is InChI=1S/C16H16N4OS/c1-16(2,3-4-17)15(21)20-9-11-5-13(20)12-8-19-7-10(6-18)14(12)22-11/h7-8,11,13H,3,5,9H2,1-2H3/t11-,13-/m0/s1. The summed E-state index contributed by atoms with van der Waals surface area (Å²) in [4.78, 5) is 19.8. The molecule has 0 unspecified atom stereocenters. The van der Waals surface area contributed by atoms with E-state index in [4.69, 9.17) is 5.26 Å². The van der Waals surface area contributed by atoms with Gasteiger partial charge in [0.2, 0.25) is 5.91 Å². The molecule has 0 aliphatic carbocycles. The fourth-order valence-electron chi connectivity index (χ4n) is 3.14. The van der Waals surface area contributed by atoms with E-state index in [1.807, 2.05) is 18.7 Å². The van der Waals surface area contributed by atoms with Crippen molar-refractivity contribution in [2.45, 2.75) is 42.9 Å². The molecular formula is C16H16N4OS. The van der Waals surface area contributed by atoms with Gasteiger partial charge in [-0.25, -0.2) is 0 Å². The molecule has 2 aliphatic heterocycles. The Morgan fingerprint density at radius 2 is 2.27 bits per heavy atom. The first-order valence-electron chi connectivity index (χ1n) is 7.20. The molecule has 6 heteroatoms. The SMILES string of the molecule is CC(C)(CC#N)C(=O)N1C[C@@H]2C[C@H]1c1cncc(C#N)c1S2. The van der Waals surface area contributed by atoms with Crippen molar-refractivity contribution in [3.8, 4) is 12.1 Å². The minimum Gasteiger partial charge on any atom is -0.334 e. The normalized spacial score (nSPS) is 22.6. The van der Waals surface area contributed by atoms with Gasteiger partial charge in [0.1, 0.15) is 6.07 Å². The first-order chi connectivity index (χ1) is 10.5. The second-order valence-corrected chi connectivity index (χ2v) is 7.70. The van der Waals surface area contributed by atoms with E-state index in [-0.39, 0.29) is 18.4 Å². The quantitative estimate of drug-likeness (QED) is 0.838. The number of pyridine rings is 1. The maximum atomic E-state index is 12.8. The molecule has 2 bridgehead atoms. The first-order valence-corrected chi connectivity index (χ1v) is 8.08. The summed E-state index contributed by atoms with van der Waals surface area (Å²) in [6.07, 6.45) is 4.45. The molecule has 1 saturated heterocycles. The van der Waals surface area contributed by atoms with E-state index < -0.39 is 5.41 Å². The van der Waals surface area contributed by atoms with E-state index in [0.29, 0.717) is 17.4 Å². The summed E-state index contributed by atoms with van der Waals surface area (Å²) in [5, 5.41) is 18.5. The van der Waals surface area contributed by atoms with Crippen molar-refractivity contribution >= 4 is 17.7 Å². The van der Waals surface area contributed by atoms with E-state index in [0.717, 1.165) is 16.9 Å². The number of fused-ring (bicyclic) bond motifs is 4. The zero-order valence-corrected chi connectivity index (χ0v) is 13.4. The Kier molecular flexibility index (Phi) is 3.58. The average Bonchev–Trinajstić information content (AvgIpc) is 2.84. The molecule has 5 nitrogen and oxygen atoms in total. The highest BCUT2D eigenvalue weighted by Gasteiger charge is 2.45. The minimum atomic E-state index is -0.683. The Labute approximate surface area is 133 Å². The summed E-state index contributed by atoms with van der Waals surface area (Å²) in [7, 11) is 0. The molecule has 1 fully saturated rings. The molecule has 0 radical (unpaired) electrons.